The summed E-state index contributed by atoms with van der Waals surface area (Å²) in [6.07, 6.45) is 4.58. The third kappa shape index (κ3) is 4.59. The van der Waals surface area contributed by atoms with Gasteiger partial charge in [0.05, 0.1) is 32.4 Å². The van der Waals surface area contributed by atoms with Gasteiger partial charge in [-0.3, -0.25) is 4.79 Å². The number of ketones is 1. The molecular weight excluding hydrogens is 368 g/mol. The van der Waals surface area contributed by atoms with Crippen molar-refractivity contribution in [2.45, 2.75) is 26.3 Å². The first-order valence-corrected chi connectivity index (χ1v) is 9.50. The van der Waals surface area contributed by atoms with Crippen LogP contribution in [0.4, 0.5) is 0 Å². The number of benzene rings is 2. The van der Waals surface area contributed by atoms with Gasteiger partial charge in [0.1, 0.15) is 5.82 Å². The van der Waals surface area contributed by atoms with E-state index in [1.165, 1.54) is 0 Å². The Morgan fingerprint density at radius 3 is 2.41 bits per heavy atom. The maximum absolute atomic E-state index is 12.3. The van der Waals surface area contributed by atoms with E-state index in [2.05, 4.69) is 15.6 Å². The summed E-state index contributed by atoms with van der Waals surface area (Å²) in [7, 11) is 4.69. The van der Waals surface area contributed by atoms with Crippen LogP contribution in [0.3, 0.4) is 0 Å². The third-order valence-electron chi connectivity index (χ3n) is 4.80. The monoisotopic (exact) mass is 394 g/mol. The number of methoxy groups -OCH3 is 3. The fourth-order valence-electron chi connectivity index (χ4n) is 3.36. The molecular formula is C23H26N2O4. The molecule has 0 bridgehead atoms. The van der Waals surface area contributed by atoms with Gasteiger partial charge in [-0.15, -0.1) is 0 Å². The Morgan fingerprint density at radius 2 is 1.76 bits per heavy atom. The summed E-state index contributed by atoms with van der Waals surface area (Å²) in [6, 6.07) is 11.7. The fourth-order valence-corrected chi connectivity index (χ4v) is 3.36. The fraction of sp³-hybridized carbons (Fsp3) is 0.304. The van der Waals surface area contributed by atoms with Crippen LogP contribution in [0.1, 0.15) is 24.2 Å². The van der Waals surface area contributed by atoms with Crippen molar-refractivity contribution < 1.29 is 19.0 Å². The molecule has 3 aromatic rings. The van der Waals surface area contributed by atoms with E-state index in [1.807, 2.05) is 37.3 Å². The van der Waals surface area contributed by atoms with Gasteiger partial charge in [0.25, 0.3) is 0 Å². The molecule has 1 heterocycles. The maximum atomic E-state index is 12.3. The standard InChI is InChI=1S/C23H26N2O4/c1-16-24-19-9-5-6-10-20(19)25(16)13-7-8-18(26)12-11-17-14-21(27-2)23(29-4)22(15-17)28-3/h5-6,9-12,14-15H,7-8,13H2,1-4H3/b12-11+. The minimum atomic E-state index is 0.0702. The first kappa shape index (κ1) is 20.5. The molecule has 0 saturated carbocycles. The van der Waals surface area contributed by atoms with Gasteiger partial charge < -0.3 is 18.8 Å². The van der Waals surface area contributed by atoms with Crippen LogP contribution in [0.5, 0.6) is 17.2 Å². The van der Waals surface area contributed by atoms with Crippen LogP contribution in [-0.2, 0) is 11.3 Å². The van der Waals surface area contributed by atoms with E-state index in [9.17, 15) is 4.79 Å². The third-order valence-corrected chi connectivity index (χ3v) is 4.80. The summed E-state index contributed by atoms with van der Waals surface area (Å²) in [4.78, 5) is 16.9. The molecule has 0 atom stereocenters. The van der Waals surface area contributed by atoms with Gasteiger partial charge in [-0.25, -0.2) is 4.98 Å². The Labute approximate surface area is 170 Å². The highest BCUT2D eigenvalue weighted by Gasteiger charge is 2.12. The molecule has 29 heavy (non-hydrogen) atoms. The second kappa shape index (κ2) is 9.28. The maximum Gasteiger partial charge on any atom is 0.203 e. The number of hydrogen-bond acceptors (Lipinski definition) is 5. The number of rotatable bonds is 9. The summed E-state index contributed by atoms with van der Waals surface area (Å²) < 4.78 is 18.2. The van der Waals surface area contributed by atoms with E-state index in [-0.39, 0.29) is 5.78 Å². The van der Waals surface area contributed by atoms with Crippen molar-refractivity contribution in [1.82, 2.24) is 9.55 Å². The Hall–Kier alpha value is -3.28. The number of allylic oxidation sites excluding steroid dienone is 1. The lowest BCUT2D eigenvalue weighted by molar-refractivity contribution is -0.114. The molecule has 0 aliphatic carbocycles. The highest BCUT2D eigenvalue weighted by molar-refractivity contribution is 5.93. The number of imidazole rings is 1. The smallest absolute Gasteiger partial charge is 0.203 e. The molecule has 3 rings (SSSR count). The van der Waals surface area contributed by atoms with Crippen molar-refractivity contribution in [3.63, 3.8) is 0 Å². The zero-order chi connectivity index (χ0) is 20.8. The predicted molar refractivity (Wildman–Crippen MR) is 114 cm³/mol. The van der Waals surface area contributed by atoms with Gasteiger partial charge in [-0.2, -0.15) is 0 Å². The highest BCUT2D eigenvalue weighted by Crippen LogP contribution is 2.38. The average molecular weight is 394 g/mol. The van der Waals surface area contributed by atoms with E-state index < -0.39 is 0 Å². The normalized spacial score (nSPS) is 11.2. The highest BCUT2D eigenvalue weighted by atomic mass is 16.5. The second-order valence-corrected chi connectivity index (χ2v) is 6.66. The van der Waals surface area contributed by atoms with E-state index in [0.29, 0.717) is 23.7 Å². The van der Waals surface area contributed by atoms with E-state index in [0.717, 1.165) is 35.4 Å². The molecule has 0 aliphatic rings. The van der Waals surface area contributed by atoms with E-state index in [4.69, 9.17) is 14.2 Å². The van der Waals surface area contributed by atoms with Crippen LogP contribution in [0.2, 0.25) is 0 Å². The summed E-state index contributed by atoms with van der Waals surface area (Å²) in [5, 5.41) is 0. The number of carbonyl (C=O) groups is 1. The van der Waals surface area contributed by atoms with E-state index in [1.54, 1.807) is 33.5 Å². The van der Waals surface area contributed by atoms with Crippen molar-refractivity contribution in [1.29, 1.82) is 0 Å². The number of nitrogens with zero attached hydrogens (tertiary/aromatic N) is 2. The number of fused-ring (bicyclic) bond motifs is 1. The Balaban J connectivity index is 1.63. The van der Waals surface area contributed by atoms with Crippen LogP contribution < -0.4 is 14.2 Å². The first-order valence-electron chi connectivity index (χ1n) is 9.50. The zero-order valence-corrected chi connectivity index (χ0v) is 17.3. The molecule has 0 N–H and O–H groups in total. The molecule has 0 fully saturated rings. The van der Waals surface area contributed by atoms with Gasteiger partial charge in [0, 0.05) is 13.0 Å². The summed E-state index contributed by atoms with van der Waals surface area (Å²) in [5.74, 6) is 2.68. The van der Waals surface area contributed by atoms with Gasteiger partial charge in [0.2, 0.25) is 5.75 Å². The van der Waals surface area contributed by atoms with Crippen molar-refractivity contribution in [3.8, 4) is 17.2 Å². The molecule has 6 heteroatoms. The molecule has 0 amide bonds. The Bertz CT molecular complexity index is 1010. The number of carbonyl (C=O) groups excluding carboxylic acids is 1. The Kier molecular flexibility index (Phi) is 6.54. The van der Waals surface area contributed by atoms with Crippen molar-refractivity contribution in [2.24, 2.45) is 0 Å². The lowest BCUT2D eigenvalue weighted by atomic mass is 10.1. The molecule has 1 aromatic heterocycles. The molecule has 0 unspecified atom stereocenters. The molecule has 0 radical (unpaired) electrons. The van der Waals surface area contributed by atoms with Crippen LogP contribution in [0, 0.1) is 6.92 Å². The van der Waals surface area contributed by atoms with Crippen molar-refractivity contribution in [3.05, 3.63) is 53.9 Å². The first-order chi connectivity index (χ1) is 14.1. The molecule has 2 aromatic carbocycles. The predicted octanol–water partition coefficient (Wildman–Crippen LogP) is 4.43. The number of hydrogen-bond donors (Lipinski definition) is 0. The molecule has 0 aliphatic heterocycles. The van der Waals surface area contributed by atoms with Gasteiger partial charge in [0.15, 0.2) is 17.3 Å². The number of para-hydroxylation sites is 2. The van der Waals surface area contributed by atoms with Crippen LogP contribution >= 0.6 is 0 Å². The average Bonchev–Trinajstić information content (AvgIpc) is 3.06. The summed E-state index contributed by atoms with van der Waals surface area (Å²) >= 11 is 0. The number of aryl methyl sites for hydroxylation is 2. The lowest BCUT2D eigenvalue weighted by Gasteiger charge is -2.12. The van der Waals surface area contributed by atoms with E-state index >= 15 is 0 Å². The largest absolute Gasteiger partial charge is 0.493 e. The summed E-state index contributed by atoms with van der Waals surface area (Å²) in [5.41, 5.74) is 2.90. The van der Waals surface area contributed by atoms with Crippen LogP contribution in [0.25, 0.3) is 17.1 Å². The quantitative estimate of drug-likeness (QED) is 0.502. The number of aromatic nitrogens is 2. The summed E-state index contributed by atoms with van der Waals surface area (Å²) in [6.45, 7) is 2.75. The molecule has 152 valence electrons. The van der Waals surface area contributed by atoms with Crippen molar-refractivity contribution >= 4 is 22.9 Å². The SMILES string of the molecule is COc1cc(/C=C/C(=O)CCCn2c(C)nc3ccccc32)cc(OC)c1OC. The molecule has 0 saturated heterocycles. The minimum Gasteiger partial charge on any atom is -0.493 e. The van der Waals surface area contributed by atoms with Gasteiger partial charge in [-0.1, -0.05) is 18.2 Å². The van der Waals surface area contributed by atoms with Gasteiger partial charge in [-0.05, 0) is 49.2 Å². The second-order valence-electron chi connectivity index (χ2n) is 6.66. The van der Waals surface area contributed by atoms with Gasteiger partial charge >= 0.3 is 0 Å². The molecule has 0 spiro atoms. The zero-order valence-electron chi connectivity index (χ0n) is 17.3. The minimum absolute atomic E-state index is 0.0702. The Morgan fingerprint density at radius 1 is 1.07 bits per heavy atom. The topological polar surface area (TPSA) is 62.6 Å². The van der Waals surface area contributed by atoms with Crippen molar-refractivity contribution in [2.75, 3.05) is 21.3 Å². The lowest BCUT2D eigenvalue weighted by Crippen LogP contribution is -2.03. The van der Waals surface area contributed by atoms with Crippen LogP contribution in [-0.4, -0.2) is 36.7 Å². The van der Waals surface area contributed by atoms with Crippen LogP contribution in [0.15, 0.2) is 42.5 Å². The number of ether oxygens (including phenoxy) is 3. The molecule has 6 nitrogen and oxygen atoms in total.